The van der Waals surface area contributed by atoms with Crippen LogP contribution in [0.5, 0.6) is 5.75 Å². The second-order valence-corrected chi connectivity index (χ2v) is 3.73. The second-order valence-electron chi connectivity index (χ2n) is 3.32. The minimum Gasteiger partial charge on any atom is -0.490 e. The first kappa shape index (κ1) is 8.85. The fourth-order valence-electron chi connectivity index (χ4n) is 1.41. The first-order valence-corrected chi connectivity index (χ1v) is 4.79. The number of rotatable bonds is 0. The van der Waals surface area contributed by atoms with Crippen LogP contribution in [-0.2, 0) is 6.54 Å². The van der Waals surface area contributed by atoms with E-state index in [9.17, 15) is 0 Å². The van der Waals surface area contributed by atoms with Crippen molar-refractivity contribution in [2.75, 3.05) is 6.61 Å². The number of nitrogens with one attached hydrogen (secondary N) is 1. The molecule has 1 aromatic rings. The van der Waals surface area contributed by atoms with Gasteiger partial charge < -0.3 is 10.1 Å². The molecule has 1 atom stereocenters. The van der Waals surface area contributed by atoms with Gasteiger partial charge in [-0.3, -0.25) is 0 Å². The Morgan fingerprint density at radius 2 is 2.38 bits per heavy atom. The molecule has 70 valence electrons. The van der Waals surface area contributed by atoms with Gasteiger partial charge in [0, 0.05) is 18.2 Å². The van der Waals surface area contributed by atoms with Crippen LogP contribution in [0.1, 0.15) is 12.5 Å². The molecule has 2 nitrogen and oxygen atoms in total. The molecule has 0 saturated carbocycles. The third-order valence-electron chi connectivity index (χ3n) is 2.17. The van der Waals surface area contributed by atoms with Gasteiger partial charge in [-0.15, -0.1) is 0 Å². The molecule has 1 heterocycles. The Morgan fingerprint density at radius 1 is 1.54 bits per heavy atom. The normalized spacial score (nSPS) is 21.5. The lowest BCUT2D eigenvalue weighted by molar-refractivity contribution is 0.287. The maximum atomic E-state index is 6.01. The van der Waals surface area contributed by atoms with E-state index in [0.29, 0.717) is 17.7 Å². The molecule has 1 aliphatic heterocycles. The summed E-state index contributed by atoms with van der Waals surface area (Å²) in [6.07, 6.45) is 0. The van der Waals surface area contributed by atoms with E-state index in [1.54, 1.807) is 0 Å². The first-order chi connectivity index (χ1) is 6.27. The van der Waals surface area contributed by atoms with Crippen LogP contribution < -0.4 is 10.1 Å². The number of fused-ring (bicyclic) bond motifs is 1. The van der Waals surface area contributed by atoms with E-state index in [2.05, 4.69) is 12.2 Å². The van der Waals surface area contributed by atoms with Crippen molar-refractivity contribution in [1.82, 2.24) is 5.32 Å². The minimum absolute atomic E-state index is 0.378. The molecule has 2 rings (SSSR count). The third-order valence-corrected chi connectivity index (χ3v) is 2.46. The Balaban J connectivity index is 2.35. The van der Waals surface area contributed by atoms with Crippen molar-refractivity contribution in [3.63, 3.8) is 0 Å². The molecule has 1 aromatic carbocycles. The van der Waals surface area contributed by atoms with Crippen LogP contribution in [0.3, 0.4) is 0 Å². The second kappa shape index (κ2) is 3.56. The lowest BCUT2D eigenvalue weighted by atomic mass is 10.2. The molecule has 1 N–H and O–H groups in total. The van der Waals surface area contributed by atoms with E-state index >= 15 is 0 Å². The van der Waals surface area contributed by atoms with Crippen molar-refractivity contribution in [3.05, 3.63) is 28.8 Å². The van der Waals surface area contributed by atoms with Gasteiger partial charge in [0.2, 0.25) is 0 Å². The van der Waals surface area contributed by atoms with E-state index < -0.39 is 0 Å². The summed E-state index contributed by atoms with van der Waals surface area (Å²) in [6.45, 7) is 3.60. The maximum absolute atomic E-state index is 6.01. The molecule has 0 fully saturated rings. The summed E-state index contributed by atoms with van der Waals surface area (Å²) >= 11 is 6.01. The van der Waals surface area contributed by atoms with E-state index in [1.807, 2.05) is 18.2 Å². The highest BCUT2D eigenvalue weighted by atomic mass is 35.5. The molecule has 0 bridgehead atoms. The van der Waals surface area contributed by atoms with Crippen LogP contribution >= 0.6 is 11.6 Å². The van der Waals surface area contributed by atoms with Gasteiger partial charge in [-0.25, -0.2) is 0 Å². The lowest BCUT2D eigenvalue weighted by Crippen LogP contribution is -2.28. The van der Waals surface area contributed by atoms with E-state index in [-0.39, 0.29) is 0 Å². The fraction of sp³-hybridized carbons (Fsp3) is 0.400. The van der Waals surface area contributed by atoms with Gasteiger partial charge in [0.15, 0.2) is 0 Å². The topological polar surface area (TPSA) is 21.3 Å². The number of benzene rings is 1. The predicted molar refractivity (Wildman–Crippen MR) is 53.2 cm³/mol. The summed E-state index contributed by atoms with van der Waals surface area (Å²) in [4.78, 5) is 0. The van der Waals surface area contributed by atoms with Crippen molar-refractivity contribution in [2.45, 2.75) is 19.5 Å². The zero-order valence-corrected chi connectivity index (χ0v) is 8.27. The average Bonchev–Trinajstić information content (AvgIpc) is 2.30. The highest BCUT2D eigenvalue weighted by Crippen LogP contribution is 2.29. The molecule has 0 saturated heterocycles. The molecule has 1 unspecified atom stereocenters. The average molecular weight is 198 g/mol. The first-order valence-electron chi connectivity index (χ1n) is 4.41. The zero-order chi connectivity index (χ0) is 9.26. The van der Waals surface area contributed by atoms with Gasteiger partial charge in [-0.2, -0.15) is 0 Å². The van der Waals surface area contributed by atoms with Crippen LogP contribution in [0.25, 0.3) is 0 Å². The summed E-state index contributed by atoms with van der Waals surface area (Å²) < 4.78 is 5.60. The van der Waals surface area contributed by atoms with Gasteiger partial charge >= 0.3 is 0 Å². The zero-order valence-electron chi connectivity index (χ0n) is 7.51. The Labute approximate surface area is 82.9 Å². The Bertz CT molecular complexity index is 314. The van der Waals surface area contributed by atoms with E-state index in [0.717, 1.165) is 17.9 Å². The Kier molecular flexibility index (Phi) is 2.42. The lowest BCUT2D eigenvalue weighted by Gasteiger charge is -2.08. The van der Waals surface area contributed by atoms with Crippen LogP contribution in [0.4, 0.5) is 0 Å². The standard InChI is InChI=1S/C10H12ClNO/c1-7-6-13-10-8(5-12-7)3-2-4-9(10)11/h2-4,7,12H,5-6H2,1H3. The van der Waals surface area contributed by atoms with Gasteiger partial charge in [0.05, 0.1) is 5.02 Å². The largest absolute Gasteiger partial charge is 0.490 e. The molecule has 0 radical (unpaired) electrons. The monoisotopic (exact) mass is 197 g/mol. The van der Waals surface area contributed by atoms with Crippen molar-refractivity contribution in [3.8, 4) is 5.75 Å². The summed E-state index contributed by atoms with van der Waals surface area (Å²) in [5.41, 5.74) is 1.14. The van der Waals surface area contributed by atoms with Gasteiger partial charge in [0.1, 0.15) is 12.4 Å². The molecule has 0 spiro atoms. The fourth-order valence-corrected chi connectivity index (χ4v) is 1.65. The molecule has 13 heavy (non-hydrogen) atoms. The summed E-state index contributed by atoms with van der Waals surface area (Å²) in [5, 5.41) is 4.05. The van der Waals surface area contributed by atoms with E-state index in [1.165, 1.54) is 0 Å². The number of halogens is 1. The highest BCUT2D eigenvalue weighted by Gasteiger charge is 2.14. The van der Waals surface area contributed by atoms with Crippen molar-refractivity contribution in [1.29, 1.82) is 0 Å². The smallest absolute Gasteiger partial charge is 0.142 e. The summed E-state index contributed by atoms with van der Waals surface area (Å²) in [5.74, 6) is 0.834. The van der Waals surface area contributed by atoms with Crippen LogP contribution in [-0.4, -0.2) is 12.6 Å². The minimum atomic E-state index is 0.378. The van der Waals surface area contributed by atoms with Crippen molar-refractivity contribution < 1.29 is 4.74 Å². The van der Waals surface area contributed by atoms with Gasteiger partial charge in [0.25, 0.3) is 0 Å². The maximum Gasteiger partial charge on any atom is 0.142 e. The van der Waals surface area contributed by atoms with E-state index in [4.69, 9.17) is 16.3 Å². The molecular formula is C10H12ClNO. The molecule has 0 amide bonds. The van der Waals surface area contributed by atoms with Gasteiger partial charge in [-0.1, -0.05) is 23.7 Å². The van der Waals surface area contributed by atoms with Crippen LogP contribution in [0.2, 0.25) is 5.02 Å². The molecule has 0 aromatic heterocycles. The molecule has 3 heteroatoms. The van der Waals surface area contributed by atoms with Crippen LogP contribution in [0, 0.1) is 0 Å². The Morgan fingerprint density at radius 3 is 3.23 bits per heavy atom. The number of ether oxygens (including phenoxy) is 1. The van der Waals surface area contributed by atoms with Gasteiger partial charge in [-0.05, 0) is 13.0 Å². The quantitative estimate of drug-likeness (QED) is 0.689. The molecule has 1 aliphatic rings. The predicted octanol–water partition coefficient (Wildman–Crippen LogP) is 2.21. The number of hydrogen-bond acceptors (Lipinski definition) is 2. The number of para-hydroxylation sites is 1. The molecule has 0 aliphatic carbocycles. The third kappa shape index (κ3) is 1.79. The highest BCUT2D eigenvalue weighted by molar-refractivity contribution is 6.32. The van der Waals surface area contributed by atoms with Crippen molar-refractivity contribution >= 4 is 11.6 Å². The summed E-state index contributed by atoms with van der Waals surface area (Å²) in [6, 6.07) is 6.22. The molecular weight excluding hydrogens is 186 g/mol. The Hall–Kier alpha value is -0.730. The SMILES string of the molecule is CC1COc2c(Cl)cccc2CN1. The van der Waals surface area contributed by atoms with Crippen molar-refractivity contribution in [2.24, 2.45) is 0 Å². The summed E-state index contributed by atoms with van der Waals surface area (Å²) in [7, 11) is 0. The number of hydrogen-bond donors (Lipinski definition) is 1. The van der Waals surface area contributed by atoms with Crippen LogP contribution in [0.15, 0.2) is 18.2 Å².